The molecule has 0 saturated heterocycles. The number of carbonyl (C=O) groups excluding carboxylic acids is 2. The number of alkyl carbamates (subject to hydrolysis) is 1. The van der Waals surface area contributed by atoms with Crippen molar-refractivity contribution in [1.29, 1.82) is 0 Å². The molecule has 1 aliphatic carbocycles. The topological polar surface area (TPSA) is 55.4 Å². The highest BCUT2D eigenvalue weighted by molar-refractivity contribution is 5.71. The number of hydrogen-bond acceptors (Lipinski definition) is 3. The number of carbonyl (C=O) groups is 2. The smallest absolute Gasteiger partial charge is 0.408 e. The van der Waals surface area contributed by atoms with Gasteiger partial charge < -0.3 is 10.1 Å². The van der Waals surface area contributed by atoms with Crippen molar-refractivity contribution in [1.82, 2.24) is 5.32 Å². The van der Waals surface area contributed by atoms with E-state index < -0.39 is 12.2 Å². The number of ether oxygens (including phenoxy) is 1. The highest BCUT2D eigenvalue weighted by Crippen LogP contribution is 2.27. The molecule has 1 unspecified atom stereocenters. The van der Waals surface area contributed by atoms with Crippen LogP contribution in [0, 0.1) is 5.92 Å². The average molecular weight is 241 g/mol. The third-order valence-corrected chi connectivity index (χ3v) is 2.97. The molecule has 1 fully saturated rings. The van der Waals surface area contributed by atoms with Crippen molar-refractivity contribution in [3.05, 3.63) is 0 Å². The Morgan fingerprint density at radius 1 is 1.29 bits per heavy atom. The van der Waals surface area contributed by atoms with Gasteiger partial charge in [-0.15, -0.1) is 0 Å². The van der Waals surface area contributed by atoms with E-state index >= 15 is 0 Å². The maximum atomic E-state index is 11.6. The zero-order chi connectivity index (χ0) is 12.9. The largest absolute Gasteiger partial charge is 0.438 e. The van der Waals surface area contributed by atoms with Gasteiger partial charge in [-0.25, -0.2) is 4.79 Å². The summed E-state index contributed by atoms with van der Waals surface area (Å²) in [6, 6.07) is 0. The maximum Gasteiger partial charge on any atom is 0.408 e. The van der Waals surface area contributed by atoms with Crippen LogP contribution in [0.2, 0.25) is 0 Å². The van der Waals surface area contributed by atoms with Gasteiger partial charge in [0.2, 0.25) is 0 Å². The van der Waals surface area contributed by atoms with E-state index in [4.69, 9.17) is 4.74 Å². The van der Waals surface area contributed by atoms with E-state index in [1.165, 1.54) is 6.42 Å². The first kappa shape index (κ1) is 14.0. The average Bonchev–Trinajstić information content (AvgIpc) is 2.24. The van der Waals surface area contributed by atoms with Gasteiger partial charge in [-0.05, 0) is 33.6 Å². The van der Waals surface area contributed by atoms with Gasteiger partial charge in [0.1, 0.15) is 0 Å². The van der Waals surface area contributed by atoms with Crippen molar-refractivity contribution in [3.8, 4) is 0 Å². The highest BCUT2D eigenvalue weighted by Gasteiger charge is 2.27. The van der Waals surface area contributed by atoms with Crippen LogP contribution < -0.4 is 5.32 Å². The minimum atomic E-state index is -0.586. The van der Waals surface area contributed by atoms with Gasteiger partial charge in [-0.3, -0.25) is 4.79 Å². The Morgan fingerprint density at radius 3 is 2.35 bits per heavy atom. The molecule has 1 aliphatic rings. The van der Waals surface area contributed by atoms with E-state index in [-0.39, 0.29) is 11.5 Å². The van der Waals surface area contributed by atoms with E-state index in [9.17, 15) is 9.59 Å². The highest BCUT2D eigenvalue weighted by atomic mass is 16.6. The summed E-state index contributed by atoms with van der Waals surface area (Å²) in [6.07, 6.45) is 5.10. The quantitative estimate of drug-likeness (QED) is 0.773. The van der Waals surface area contributed by atoms with Gasteiger partial charge in [0.15, 0.2) is 12.4 Å². The molecule has 1 amide bonds. The lowest BCUT2D eigenvalue weighted by molar-refractivity contribution is -0.118. The van der Waals surface area contributed by atoms with Crippen LogP contribution in [0.1, 0.15) is 52.9 Å². The van der Waals surface area contributed by atoms with Crippen molar-refractivity contribution in [3.63, 3.8) is 0 Å². The molecule has 1 N–H and O–H groups in total. The molecule has 1 saturated carbocycles. The first-order valence-electron chi connectivity index (χ1n) is 6.36. The Bertz CT molecular complexity index is 264. The van der Waals surface area contributed by atoms with Crippen LogP contribution >= 0.6 is 0 Å². The Morgan fingerprint density at radius 2 is 1.88 bits per heavy atom. The second-order valence-corrected chi connectivity index (χ2v) is 5.78. The molecular formula is C13H23NO3. The van der Waals surface area contributed by atoms with Crippen LogP contribution in [0.5, 0.6) is 0 Å². The van der Waals surface area contributed by atoms with Crippen molar-refractivity contribution < 1.29 is 14.3 Å². The Kier molecular flexibility index (Phi) is 4.97. The first-order valence-corrected chi connectivity index (χ1v) is 6.36. The number of aldehydes is 1. The molecule has 0 aromatic carbocycles. The van der Waals surface area contributed by atoms with Crippen molar-refractivity contribution in [2.75, 3.05) is 0 Å². The fraction of sp³-hybridized carbons (Fsp3) is 0.846. The van der Waals surface area contributed by atoms with Gasteiger partial charge in [0, 0.05) is 11.5 Å². The van der Waals surface area contributed by atoms with Gasteiger partial charge in [-0.2, -0.15) is 0 Å². The molecule has 0 spiro atoms. The molecule has 0 aliphatic heterocycles. The summed E-state index contributed by atoms with van der Waals surface area (Å²) in [5, 5.41) is 2.70. The third-order valence-electron chi connectivity index (χ3n) is 2.97. The van der Waals surface area contributed by atoms with Gasteiger partial charge in [-0.1, -0.05) is 19.3 Å². The van der Waals surface area contributed by atoms with E-state index in [1.807, 2.05) is 20.8 Å². The molecule has 0 radical (unpaired) electrons. The van der Waals surface area contributed by atoms with Crippen molar-refractivity contribution in [2.45, 2.75) is 64.5 Å². The molecule has 0 bridgehead atoms. The van der Waals surface area contributed by atoms with Crippen LogP contribution in [0.25, 0.3) is 0 Å². The van der Waals surface area contributed by atoms with Crippen molar-refractivity contribution in [2.24, 2.45) is 5.92 Å². The fourth-order valence-electron chi connectivity index (χ4n) is 2.16. The number of amides is 1. The maximum absolute atomic E-state index is 11.6. The molecule has 0 aromatic rings. The van der Waals surface area contributed by atoms with Crippen LogP contribution in [0.3, 0.4) is 0 Å². The molecule has 0 aromatic heterocycles. The zero-order valence-corrected chi connectivity index (χ0v) is 11.0. The van der Waals surface area contributed by atoms with Gasteiger partial charge in [0.25, 0.3) is 0 Å². The molecule has 4 heteroatoms. The second-order valence-electron chi connectivity index (χ2n) is 5.78. The lowest BCUT2D eigenvalue weighted by Crippen LogP contribution is -2.43. The molecule has 4 nitrogen and oxygen atoms in total. The van der Waals surface area contributed by atoms with Crippen LogP contribution in [0.15, 0.2) is 0 Å². The predicted molar refractivity (Wildman–Crippen MR) is 65.8 cm³/mol. The standard InChI is InChI=1S/C13H23NO3/c1-13(2,3)14-12(16)17-11(9-15)10-7-5-4-6-8-10/h9-11H,4-8H2,1-3H3,(H,14,16). The Hall–Kier alpha value is -1.06. The predicted octanol–water partition coefficient (Wildman–Crippen LogP) is 2.66. The minimum absolute atomic E-state index is 0.201. The monoisotopic (exact) mass is 241 g/mol. The lowest BCUT2D eigenvalue weighted by atomic mass is 9.86. The van der Waals surface area contributed by atoms with Crippen LogP contribution in [-0.4, -0.2) is 24.0 Å². The summed E-state index contributed by atoms with van der Waals surface area (Å²) in [7, 11) is 0. The Labute approximate surface area is 103 Å². The summed E-state index contributed by atoms with van der Waals surface area (Å²) >= 11 is 0. The summed E-state index contributed by atoms with van der Waals surface area (Å²) in [6.45, 7) is 5.64. The molecular weight excluding hydrogens is 218 g/mol. The first-order chi connectivity index (χ1) is 7.92. The molecule has 1 rings (SSSR count). The number of nitrogens with one attached hydrogen (secondary N) is 1. The Balaban J connectivity index is 2.45. The van der Waals surface area contributed by atoms with E-state index in [0.29, 0.717) is 0 Å². The summed E-state index contributed by atoms with van der Waals surface area (Å²) in [5.74, 6) is 0.201. The van der Waals surface area contributed by atoms with Gasteiger partial charge >= 0.3 is 6.09 Å². The van der Waals surface area contributed by atoms with Crippen LogP contribution in [0.4, 0.5) is 4.79 Å². The molecule has 98 valence electrons. The number of rotatable bonds is 3. The van der Waals surface area contributed by atoms with E-state index in [0.717, 1.165) is 32.0 Å². The summed E-state index contributed by atoms with van der Waals surface area (Å²) in [5.41, 5.74) is -0.336. The second kappa shape index (κ2) is 6.03. The summed E-state index contributed by atoms with van der Waals surface area (Å²) in [4.78, 5) is 22.6. The molecule has 0 heterocycles. The normalized spacial score (nSPS) is 19.5. The summed E-state index contributed by atoms with van der Waals surface area (Å²) < 4.78 is 5.20. The van der Waals surface area contributed by atoms with Gasteiger partial charge in [0.05, 0.1) is 0 Å². The van der Waals surface area contributed by atoms with Crippen molar-refractivity contribution >= 4 is 12.4 Å². The van der Waals surface area contributed by atoms with E-state index in [1.54, 1.807) is 0 Å². The molecule has 1 atom stereocenters. The lowest BCUT2D eigenvalue weighted by Gasteiger charge is -2.28. The van der Waals surface area contributed by atoms with E-state index in [2.05, 4.69) is 5.32 Å². The zero-order valence-electron chi connectivity index (χ0n) is 11.0. The molecule has 17 heavy (non-hydrogen) atoms. The third kappa shape index (κ3) is 5.20. The SMILES string of the molecule is CC(C)(C)NC(=O)OC(C=O)C1CCCCC1. The number of hydrogen-bond donors (Lipinski definition) is 1. The fourth-order valence-corrected chi connectivity index (χ4v) is 2.16. The minimum Gasteiger partial charge on any atom is -0.438 e. The van der Waals surface area contributed by atoms with Crippen LogP contribution in [-0.2, 0) is 9.53 Å².